The van der Waals surface area contributed by atoms with Crippen molar-refractivity contribution < 1.29 is 4.39 Å². The first-order valence-electron chi connectivity index (χ1n) is 13.3. The van der Waals surface area contributed by atoms with Crippen molar-refractivity contribution >= 4 is 10.9 Å². The second kappa shape index (κ2) is 9.42. The number of nitrogens with zero attached hydrogens (tertiary/aromatic N) is 2. The lowest BCUT2D eigenvalue weighted by atomic mass is 9.95. The van der Waals surface area contributed by atoms with Crippen LogP contribution in [-0.4, -0.2) is 9.55 Å². The topological polar surface area (TPSA) is 17.8 Å². The second-order valence-electron chi connectivity index (χ2n) is 10.0. The molecule has 2 heterocycles. The lowest BCUT2D eigenvalue weighted by molar-refractivity contribution is 0.629. The van der Waals surface area contributed by atoms with E-state index in [1.807, 2.05) is 18.2 Å². The Hall–Kier alpha value is -4.50. The van der Waals surface area contributed by atoms with Crippen LogP contribution in [0, 0.1) is 5.82 Å². The van der Waals surface area contributed by atoms with Crippen molar-refractivity contribution in [2.24, 2.45) is 0 Å². The Morgan fingerprint density at radius 2 is 1.24 bits per heavy atom. The minimum absolute atomic E-state index is 0.171. The molecule has 3 heteroatoms. The Labute approximate surface area is 222 Å². The van der Waals surface area contributed by atoms with Gasteiger partial charge in [-0.25, -0.2) is 9.37 Å². The minimum Gasteiger partial charge on any atom is -0.313 e. The fraction of sp³-hybridized carbons (Fsp3) is 0.114. The maximum atomic E-state index is 14.2. The largest absolute Gasteiger partial charge is 0.313 e. The van der Waals surface area contributed by atoms with Gasteiger partial charge in [-0.05, 0) is 84.8 Å². The lowest BCUT2D eigenvalue weighted by Crippen LogP contribution is -2.07. The van der Waals surface area contributed by atoms with Crippen molar-refractivity contribution in [2.45, 2.75) is 25.7 Å². The van der Waals surface area contributed by atoms with Gasteiger partial charge in [-0.15, -0.1) is 0 Å². The molecule has 2 nitrogen and oxygen atoms in total. The van der Waals surface area contributed by atoms with E-state index < -0.39 is 0 Å². The van der Waals surface area contributed by atoms with Crippen LogP contribution in [0.1, 0.15) is 24.1 Å². The van der Waals surface area contributed by atoms with Crippen LogP contribution in [0.15, 0.2) is 115 Å². The third-order valence-corrected chi connectivity index (χ3v) is 7.64. The van der Waals surface area contributed by atoms with E-state index in [1.165, 1.54) is 11.3 Å². The smallest absolute Gasteiger partial charge is 0.123 e. The molecule has 6 aromatic rings. The number of fused-ring (bicyclic) bond motifs is 3. The third-order valence-electron chi connectivity index (χ3n) is 7.64. The molecule has 0 saturated carbocycles. The number of pyridine rings is 1. The molecule has 0 radical (unpaired) electrons. The molecule has 38 heavy (non-hydrogen) atoms. The average molecular weight is 495 g/mol. The molecule has 0 bridgehead atoms. The summed E-state index contributed by atoms with van der Waals surface area (Å²) in [6.07, 6.45) is 4.34. The lowest BCUT2D eigenvalue weighted by Gasteiger charge is -2.17. The number of aryl methyl sites for hydroxylation is 1. The third kappa shape index (κ3) is 4.01. The molecule has 0 atom stereocenters. The van der Waals surface area contributed by atoms with Crippen LogP contribution >= 0.6 is 0 Å². The van der Waals surface area contributed by atoms with Crippen molar-refractivity contribution in [3.8, 4) is 39.3 Å². The van der Waals surface area contributed by atoms with Gasteiger partial charge in [0, 0.05) is 27.9 Å². The molecular weight excluding hydrogens is 467 g/mol. The Balaban J connectivity index is 1.41. The van der Waals surface area contributed by atoms with Gasteiger partial charge in [-0.1, -0.05) is 72.8 Å². The van der Waals surface area contributed by atoms with Gasteiger partial charge in [0.1, 0.15) is 5.82 Å². The number of aromatic nitrogens is 2. The van der Waals surface area contributed by atoms with E-state index in [0.717, 1.165) is 75.9 Å². The van der Waals surface area contributed by atoms with Crippen LogP contribution in [0.2, 0.25) is 0 Å². The van der Waals surface area contributed by atoms with Gasteiger partial charge in [0.05, 0.1) is 16.9 Å². The summed E-state index contributed by atoms with van der Waals surface area (Å²) in [5, 5.41) is 1.05. The predicted molar refractivity (Wildman–Crippen MR) is 154 cm³/mol. The molecule has 0 saturated heterocycles. The summed E-state index contributed by atoms with van der Waals surface area (Å²) in [7, 11) is 0. The van der Waals surface area contributed by atoms with E-state index in [1.54, 1.807) is 12.1 Å². The summed E-state index contributed by atoms with van der Waals surface area (Å²) >= 11 is 0. The molecule has 7 rings (SSSR count). The van der Waals surface area contributed by atoms with E-state index in [4.69, 9.17) is 4.98 Å². The molecule has 0 aliphatic heterocycles. The minimum atomic E-state index is -0.171. The predicted octanol–water partition coefficient (Wildman–Crippen LogP) is 9.04. The van der Waals surface area contributed by atoms with Crippen molar-refractivity contribution in [1.82, 2.24) is 9.55 Å². The van der Waals surface area contributed by atoms with Crippen molar-refractivity contribution in [2.75, 3.05) is 0 Å². The first-order chi connectivity index (χ1) is 18.7. The number of rotatable bonds is 4. The summed E-state index contributed by atoms with van der Waals surface area (Å²) in [5.41, 5.74) is 11.2. The zero-order chi connectivity index (χ0) is 25.5. The summed E-state index contributed by atoms with van der Waals surface area (Å²) in [4.78, 5) is 5.04. The molecule has 1 aliphatic rings. The van der Waals surface area contributed by atoms with Gasteiger partial charge in [-0.2, -0.15) is 0 Å². The van der Waals surface area contributed by atoms with Crippen LogP contribution in [0.4, 0.5) is 4.39 Å². The van der Waals surface area contributed by atoms with E-state index in [-0.39, 0.29) is 5.82 Å². The molecule has 1 aliphatic carbocycles. The molecule has 0 unspecified atom stereocenters. The quantitative estimate of drug-likeness (QED) is 0.239. The maximum absolute atomic E-state index is 14.2. The SMILES string of the molecule is Fc1ccc2c(c1)c1c(n2-c2cccc(-c3cc(-c4ccccc4)nc(-c4ccccc4)c3)c2)CCCC1. The molecule has 0 amide bonds. The van der Waals surface area contributed by atoms with Crippen LogP contribution in [0.25, 0.3) is 50.2 Å². The number of benzene rings is 4. The van der Waals surface area contributed by atoms with Gasteiger partial charge in [-0.3, -0.25) is 0 Å². The van der Waals surface area contributed by atoms with E-state index in [2.05, 4.69) is 89.5 Å². The number of hydrogen-bond donors (Lipinski definition) is 0. The van der Waals surface area contributed by atoms with Crippen molar-refractivity contribution in [3.63, 3.8) is 0 Å². The summed E-state index contributed by atoms with van der Waals surface area (Å²) in [5.74, 6) is -0.171. The Morgan fingerprint density at radius 1 is 0.579 bits per heavy atom. The molecule has 4 aromatic carbocycles. The molecule has 0 spiro atoms. The molecule has 184 valence electrons. The van der Waals surface area contributed by atoms with Crippen LogP contribution in [0.5, 0.6) is 0 Å². The number of halogens is 1. The fourth-order valence-electron chi connectivity index (χ4n) is 5.85. The van der Waals surface area contributed by atoms with E-state index >= 15 is 0 Å². The first-order valence-corrected chi connectivity index (χ1v) is 13.3. The fourth-order valence-corrected chi connectivity index (χ4v) is 5.85. The highest BCUT2D eigenvalue weighted by atomic mass is 19.1. The summed E-state index contributed by atoms with van der Waals surface area (Å²) in [6.45, 7) is 0. The van der Waals surface area contributed by atoms with Gasteiger partial charge in [0.2, 0.25) is 0 Å². The van der Waals surface area contributed by atoms with Gasteiger partial charge in [0.15, 0.2) is 0 Å². The van der Waals surface area contributed by atoms with Gasteiger partial charge < -0.3 is 4.57 Å². The van der Waals surface area contributed by atoms with Crippen LogP contribution in [0.3, 0.4) is 0 Å². The molecule has 2 aromatic heterocycles. The van der Waals surface area contributed by atoms with Gasteiger partial charge >= 0.3 is 0 Å². The standard InChI is InChI=1S/C35H27FN2/c36-28-18-19-35-31(23-28)30-16-7-8-17-34(30)38(35)29-15-9-14-26(20-29)27-21-32(24-10-3-1-4-11-24)37-33(22-27)25-12-5-2-6-13-25/h1-6,9-15,18-23H,7-8,16-17H2. The number of hydrogen-bond acceptors (Lipinski definition) is 1. The zero-order valence-corrected chi connectivity index (χ0v) is 21.1. The Kier molecular flexibility index (Phi) is 5.62. The Bertz CT molecular complexity index is 1710. The van der Waals surface area contributed by atoms with Gasteiger partial charge in [0.25, 0.3) is 0 Å². The maximum Gasteiger partial charge on any atom is 0.123 e. The molecular formula is C35H27FN2. The summed E-state index contributed by atoms with van der Waals surface area (Å²) < 4.78 is 16.6. The summed E-state index contributed by atoms with van der Waals surface area (Å²) in [6, 6.07) is 39.0. The first kappa shape index (κ1) is 22.7. The highest BCUT2D eigenvalue weighted by Gasteiger charge is 2.21. The molecule has 0 N–H and O–H groups in total. The van der Waals surface area contributed by atoms with Crippen molar-refractivity contribution in [3.05, 3.63) is 132 Å². The monoisotopic (exact) mass is 494 g/mol. The zero-order valence-electron chi connectivity index (χ0n) is 21.1. The second-order valence-corrected chi connectivity index (χ2v) is 10.0. The van der Waals surface area contributed by atoms with Crippen LogP contribution in [-0.2, 0) is 12.8 Å². The van der Waals surface area contributed by atoms with E-state index in [9.17, 15) is 4.39 Å². The average Bonchev–Trinajstić information content (AvgIpc) is 3.31. The Morgan fingerprint density at radius 3 is 1.95 bits per heavy atom. The van der Waals surface area contributed by atoms with Crippen LogP contribution < -0.4 is 0 Å². The normalized spacial score (nSPS) is 13.0. The van der Waals surface area contributed by atoms with E-state index in [0.29, 0.717) is 0 Å². The highest BCUT2D eigenvalue weighted by Crippen LogP contribution is 2.37. The highest BCUT2D eigenvalue weighted by molar-refractivity contribution is 5.88. The van der Waals surface area contributed by atoms with Crippen molar-refractivity contribution in [1.29, 1.82) is 0 Å². The molecule has 0 fully saturated rings.